The molecule has 0 saturated heterocycles. The SMILES string of the molecule is Cl.N.N.O=S(=O)([O-])O.[Na+]. The molecule has 0 aliphatic carbocycles. The van der Waals surface area contributed by atoms with Gasteiger partial charge in [0.1, 0.15) is 0 Å². The number of rotatable bonds is 0. The predicted octanol–water partition coefficient (Wildman–Crippen LogP) is -3.25. The molecule has 0 amide bonds. The van der Waals surface area contributed by atoms with Crippen molar-refractivity contribution in [3.05, 3.63) is 0 Å². The maximum absolute atomic E-state index is 8.63. The summed E-state index contributed by atoms with van der Waals surface area (Å²) in [6.07, 6.45) is 0. The minimum absolute atomic E-state index is 0. The van der Waals surface area contributed by atoms with E-state index in [4.69, 9.17) is 17.5 Å². The molecule has 0 aliphatic rings. The molecule has 0 atom stereocenters. The van der Waals surface area contributed by atoms with Crippen LogP contribution in [0.15, 0.2) is 0 Å². The van der Waals surface area contributed by atoms with E-state index in [-0.39, 0.29) is 54.3 Å². The second-order valence-corrected chi connectivity index (χ2v) is 1.28. The van der Waals surface area contributed by atoms with Crippen LogP contribution in [0.4, 0.5) is 0 Å². The molecule has 0 saturated carbocycles. The summed E-state index contributed by atoms with van der Waals surface area (Å²) in [5, 5.41) is 0. The van der Waals surface area contributed by atoms with Crippen LogP contribution in [-0.2, 0) is 10.4 Å². The number of hydrogen-bond acceptors (Lipinski definition) is 5. The van der Waals surface area contributed by atoms with Crippen LogP contribution in [0.3, 0.4) is 0 Å². The largest absolute Gasteiger partial charge is 1.00 e. The molecular weight excluding hydrogens is 183 g/mol. The van der Waals surface area contributed by atoms with Gasteiger partial charge in [0.2, 0.25) is 10.4 Å². The molecule has 0 radical (unpaired) electrons. The van der Waals surface area contributed by atoms with E-state index in [1.54, 1.807) is 0 Å². The molecule has 9 heteroatoms. The molecule has 7 N–H and O–H groups in total. The Balaban J connectivity index is -0.0000000133. The summed E-state index contributed by atoms with van der Waals surface area (Å²) < 4.78 is 32.8. The Bertz CT molecular complexity index is 102. The Kier molecular flexibility index (Phi) is 42.3. The van der Waals surface area contributed by atoms with Gasteiger partial charge in [-0.3, -0.25) is 4.55 Å². The van der Waals surface area contributed by atoms with E-state index in [1.807, 2.05) is 0 Å². The van der Waals surface area contributed by atoms with Crippen LogP contribution in [-0.4, -0.2) is 17.5 Å². The smallest absolute Gasteiger partial charge is 0.726 e. The van der Waals surface area contributed by atoms with E-state index in [0.29, 0.717) is 0 Å². The van der Waals surface area contributed by atoms with Gasteiger partial charge in [0.15, 0.2) is 0 Å². The summed E-state index contributed by atoms with van der Waals surface area (Å²) in [6, 6.07) is 0. The molecule has 0 bridgehead atoms. The zero-order valence-corrected chi connectivity index (χ0v) is 8.54. The van der Waals surface area contributed by atoms with Gasteiger partial charge in [-0.05, 0) is 0 Å². The minimum atomic E-state index is -4.92. The molecule has 56 valence electrons. The van der Waals surface area contributed by atoms with E-state index in [1.165, 1.54) is 0 Å². The van der Waals surface area contributed by atoms with E-state index in [2.05, 4.69) is 0 Å². The van der Waals surface area contributed by atoms with E-state index < -0.39 is 10.4 Å². The first kappa shape index (κ1) is 32.2. The van der Waals surface area contributed by atoms with Crippen molar-refractivity contribution in [2.24, 2.45) is 0 Å². The molecule has 0 aromatic rings. The molecule has 0 spiro atoms. The van der Waals surface area contributed by atoms with Gasteiger partial charge >= 0.3 is 29.6 Å². The Morgan fingerprint density at radius 3 is 1.22 bits per heavy atom. The Morgan fingerprint density at radius 1 is 1.22 bits per heavy atom. The van der Waals surface area contributed by atoms with Gasteiger partial charge in [-0.1, -0.05) is 0 Å². The van der Waals surface area contributed by atoms with Gasteiger partial charge in [-0.25, -0.2) is 8.42 Å². The summed E-state index contributed by atoms with van der Waals surface area (Å²) in [5.41, 5.74) is 0. The third kappa shape index (κ3) is 390. The molecule has 0 aromatic heterocycles. The van der Waals surface area contributed by atoms with Gasteiger partial charge < -0.3 is 16.9 Å². The van der Waals surface area contributed by atoms with Crippen LogP contribution >= 0.6 is 12.4 Å². The molecule has 0 rings (SSSR count). The molecule has 0 fully saturated rings. The first-order valence-corrected chi connectivity index (χ1v) is 2.05. The van der Waals surface area contributed by atoms with Crippen LogP contribution < -0.4 is 41.9 Å². The van der Waals surface area contributed by atoms with Gasteiger partial charge in [0.25, 0.3) is 0 Å². The van der Waals surface area contributed by atoms with Crippen LogP contribution in [0.2, 0.25) is 0 Å². The van der Waals surface area contributed by atoms with Crippen molar-refractivity contribution in [1.29, 1.82) is 0 Å². The zero-order valence-electron chi connectivity index (χ0n) is 4.90. The van der Waals surface area contributed by atoms with Crippen LogP contribution in [0.5, 0.6) is 0 Å². The summed E-state index contributed by atoms with van der Waals surface area (Å²) >= 11 is 0. The van der Waals surface area contributed by atoms with Gasteiger partial charge in [0.05, 0.1) is 0 Å². The van der Waals surface area contributed by atoms with Gasteiger partial charge in [0, 0.05) is 0 Å². The monoisotopic (exact) mass is 190 g/mol. The van der Waals surface area contributed by atoms with Crippen LogP contribution in [0, 0.1) is 0 Å². The molecule has 0 heterocycles. The fourth-order valence-electron chi connectivity index (χ4n) is 0. The topological polar surface area (TPSA) is 147 Å². The molecule has 0 aromatic carbocycles. The Morgan fingerprint density at radius 2 is 1.22 bits per heavy atom. The number of hydrogen-bond donors (Lipinski definition) is 3. The summed E-state index contributed by atoms with van der Waals surface area (Å²) in [5.74, 6) is 0. The van der Waals surface area contributed by atoms with Crippen molar-refractivity contribution >= 4 is 22.8 Å². The maximum atomic E-state index is 8.63. The maximum Gasteiger partial charge on any atom is 1.00 e. The van der Waals surface area contributed by atoms with Crippen LogP contribution in [0.1, 0.15) is 0 Å². The molecule has 0 unspecified atom stereocenters. The molecule has 9 heavy (non-hydrogen) atoms. The zero-order chi connectivity index (χ0) is 4.50. The molecular formula is H8ClN2NaO4S. The predicted molar refractivity (Wildman–Crippen MR) is 29.6 cm³/mol. The average molecular weight is 191 g/mol. The van der Waals surface area contributed by atoms with Crippen LogP contribution in [0.25, 0.3) is 0 Å². The summed E-state index contributed by atoms with van der Waals surface area (Å²) in [4.78, 5) is 0. The Labute approximate surface area is 81.8 Å². The van der Waals surface area contributed by atoms with E-state index in [9.17, 15) is 0 Å². The van der Waals surface area contributed by atoms with Gasteiger partial charge in [-0.15, -0.1) is 12.4 Å². The van der Waals surface area contributed by atoms with Crippen molar-refractivity contribution in [3.63, 3.8) is 0 Å². The first-order chi connectivity index (χ1) is 2.00. The molecule has 6 nitrogen and oxygen atoms in total. The number of halogens is 1. The van der Waals surface area contributed by atoms with E-state index >= 15 is 0 Å². The first-order valence-electron chi connectivity index (χ1n) is 0.683. The van der Waals surface area contributed by atoms with Crippen molar-refractivity contribution < 1.29 is 47.1 Å². The quantitative estimate of drug-likeness (QED) is 0.208. The fraction of sp³-hybridized carbons (Fsp3) is 0. The fourth-order valence-corrected chi connectivity index (χ4v) is 0. The minimum Gasteiger partial charge on any atom is -0.726 e. The second kappa shape index (κ2) is 11.8. The van der Waals surface area contributed by atoms with Crippen molar-refractivity contribution in [3.8, 4) is 0 Å². The van der Waals surface area contributed by atoms with E-state index in [0.717, 1.165) is 0 Å². The molecule has 0 aliphatic heterocycles. The van der Waals surface area contributed by atoms with Crippen molar-refractivity contribution in [1.82, 2.24) is 12.3 Å². The third-order valence-electron chi connectivity index (χ3n) is 0. The standard InChI is InChI=1S/ClH.2H3N.Na.H2O4S/c;;;;1-5(2,3)4/h1H;2*1H3;;(H2,1,2,3,4)/q;;;+1;/p-1. The normalized spacial score (nSPS) is 6.44. The van der Waals surface area contributed by atoms with Crippen molar-refractivity contribution in [2.75, 3.05) is 0 Å². The third-order valence-corrected chi connectivity index (χ3v) is 0. The van der Waals surface area contributed by atoms with Gasteiger partial charge in [-0.2, -0.15) is 0 Å². The summed E-state index contributed by atoms with van der Waals surface area (Å²) in [7, 11) is -4.92. The second-order valence-electron chi connectivity index (χ2n) is 0.428. The summed E-state index contributed by atoms with van der Waals surface area (Å²) in [6.45, 7) is 0. The average Bonchev–Trinajstić information content (AvgIpc) is 0.722. The Hall–Kier alpha value is 1.08. The van der Waals surface area contributed by atoms with Crippen molar-refractivity contribution in [2.45, 2.75) is 0 Å².